The summed E-state index contributed by atoms with van der Waals surface area (Å²) < 4.78 is 12.1. The third-order valence-corrected chi connectivity index (χ3v) is 5.72. The van der Waals surface area contributed by atoms with Gasteiger partial charge >= 0.3 is 0 Å². The van der Waals surface area contributed by atoms with Gasteiger partial charge in [0.25, 0.3) is 0 Å². The molecular weight excluding hydrogens is 416 g/mol. The van der Waals surface area contributed by atoms with Crippen molar-refractivity contribution < 1.29 is 19.4 Å². The molecule has 0 aliphatic carbocycles. The Bertz CT molecular complexity index is 1060. The van der Waals surface area contributed by atoms with Crippen molar-refractivity contribution in [3.05, 3.63) is 89.5 Å². The molecule has 1 aliphatic heterocycles. The van der Waals surface area contributed by atoms with Crippen LogP contribution in [0.2, 0.25) is 0 Å². The van der Waals surface area contributed by atoms with E-state index in [0.717, 1.165) is 16.8 Å². The van der Waals surface area contributed by atoms with Gasteiger partial charge in [-0.15, -0.1) is 0 Å². The Morgan fingerprint density at radius 1 is 0.909 bits per heavy atom. The van der Waals surface area contributed by atoms with Gasteiger partial charge in [0.05, 0.1) is 5.69 Å². The summed E-state index contributed by atoms with van der Waals surface area (Å²) in [7, 11) is 1.77. The lowest BCUT2D eigenvalue weighted by Gasteiger charge is -2.29. The molecule has 4 rings (SSSR count). The number of nitrogens with zero attached hydrogens (tertiary/aromatic N) is 1. The predicted octanol–water partition coefficient (Wildman–Crippen LogP) is 3.70. The molecule has 0 fully saturated rings. The number of amides is 1. The van der Waals surface area contributed by atoms with E-state index >= 15 is 0 Å². The average molecular weight is 447 g/mol. The normalized spacial score (nSPS) is 14.0. The summed E-state index contributed by atoms with van der Waals surface area (Å²) >= 11 is 0. The summed E-state index contributed by atoms with van der Waals surface area (Å²) in [6.45, 7) is 1.69. The van der Waals surface area contributed by atoms with E-state index in [9.17, 15) is 9.90 Å². The molecule has 0 saturated heterocycles. The third-order valence-electron chi connectivity index (χ3n) is 5.72. The van der Waals surface area contributed by atoms with Crippen molar-refractivity contribution in [2.45, 2.75) is 32.1 Å². The number of ether oxygens (including phenoxy) is 2. The topological polar surface area (TPSA) is 71.0 Å². The van der Waals surface area contributed by atoms with Crippen LogP contribution in [-0.2, 0) is 24.4 Å². The number of benzene rings is 3. The van der Waals surface area contributed by atoms with Gasteiger partial charge in [-0.05, 0) is 29.7 Å². The van der Waals surface area contributed by atoms with E-state index in [1.54, 1.807) is 11.9 Å². The molecule has 172 valence electrons. The van der Waals surface area contributed by atoms with Gasteiger partial charge in [0, 0.05) is 32.1 Å². The molecule has 2 N–H and O–H groups in total. The van der Waals surface area contributed by atoms with Crippen molar-refractivity contribution in [2.24, 2.45) is 0 Å². The van der Waals surface area contributed by atoms with E-state index in [1.165, 1.54) is 5.56 Å². The number of carbonyl (C=O) groups excluding carboxylic acids is 1. The van der Waals surface area contributed by atoms with Crippen LogP contribution in [0.25, 0.3) is 0 Å². The summed E-state index contributed by atoms with van der Waals surface area (Å²) in [5, 5.41) is 13.6. The number of aliphatic hydroxyl groups excluding tert-OH is 1. The van der Waals surface area contributed by atoms with E-state index in [4.69, 9.17) is 9.47 Å². The maximum absolute atomic E-state index is 12.4. The molecule has 6 nitrogen and oxygen atoms in total. The lowest BCUT2D eigenvalue weighted by atomic mass is 9.99. The van der Waals surface area contributed by atoms with Crippen molar-refractivity contribution in [3.63, 3.8) is 0 Å². The van der Waals surface area contributed by atoms with Crippen LogP contribution in [0.4, 0.5) is 5.69 Å². The van der Waals surface area contributed by atoms with E-state index in [1.807, 2.05) is 72.8 Å². The lowest BCUT2D eigenvalue weighted by Crippen LogP contribution is -2.33. The Morgan fingerprint density at radius 3 is 2.30 bits per heavy atom. The molecule has 1 atom stereocenters. The number of aliphatic hydroxyl groups is 1. The maximum atomic E-state index is 12.4. The van der Waals surface area contributed by atoms with E-state index in [-0.39, 0.29) is 12.5 Å². The highest BCUT2D eigenvalue weighted by molar-refractivity contribution is 5.98. The second kappa shape index (κ2) is 11.0. The fraction of sp³-hybridized carbons (Fsp3) is 0.296. The maximum Gasteiger partial charge on any atom is 0.227 e. The number of rotatable bonds is 10. The molecule has 6 heteroatoms. The smallest absolute Gasteiger partial charge is 0.227 e. The highest BCUT2D eigenvalue weighted by Crippen LogP contribution is 2.41. The Kier molecular flexibility index (Phi) is 7.60. The summed E-state index contributed by atoms with van der Waals surface area (Å²) in [6, 6.07) is 23.7. The van der Waals surface area contributed by atoms with Gasteiger partial charge in [-0.25, -0.2) is 0 Å². The van der Waals surface area contributed by atoms with Gasteiger partial charge in [-0.3, -0.25) is 4.79 Å². The quantitative estimate of drug-likeness (QED) is 0.497. The minimum absolute atomic E-state index is 0.0503. The highest BCUT2D eigenvalue weighted by Gasteiger charge is 2.28. The molecule has 3 aromatic carbocycles. The zero-order valence-corrected chi connectivity index (χ0v) is 18.9. The zero-order valence-electron chi connectivity index (χ0n) is 18.9. The van der Waals surface area contributed by atoms with Gasteiger partial charge < -0.3 is 24.8 Å². The third kappa shape index (κ3) is 5.92. The number of hydrogen-bond donors (Lipinski definition) is 2. The summed E-state index contributed by atoms with van der Waals surface area (Å²) in [5.41, 5.74) is 3.91. The number of hydrogen-bond acceptors (Lipinski definition) is 5. The van der Waals surface area contributed by atoms with Crippen LogP contribution in [0.15, 0.2) is 72.8 Å². The molecule has 3 aromatic rings. The van der Waals surface area contributed by atoms with Crippen LogP contribution < -0.4 is 19.7 Å². The molecule has 0 spiro atoms. The Morgan fingerprint density at radius 2 is 1.58 bits per heavy atom. The van der Waals surface area contributed by atoms with Gasteiger partial charge in [0.1, 0.15) is 30.8 Å². The molecule has 0 bridgehead atoms. The van der Waals surface area contributed by atoms with E-state index in [0.29, 0.717) is 44.0 Å². The Hall–Kier alpha value is -3.35. The van der Waals surface area contributed by atoms with Crippen LogP contribution in [0, 0.1) is 0 Å². The summed E-state index contributed by atoms with van der Waals surface area (Å²) in [5.74, 6) is 1.38. The minimum atomic E-state index is -0.652. The van der Waals surface area contributed by atoms with E-state index in [2.05, 4.69) is 5.32 Å². The first-order valence-electron chi connectivity index (χ1n) is 11.3. The number of nitrogens with one attached hydrogen (secondary N) is 1. The second-order valence-electron chi connectivity index (χ2n) is 8.20. The van der Waals surface area contributed by atoms with Crippen molar-refractivity contribution in [1.82, 2.24) is 5.32 Å². The minimum Gasteiger partial charge on any atom is -0.490 e. The first kappa shape index (κ1) is 22.8. The van der Waals surface area contributed by atoms with Gasteiger partial charge in [-0.2, -0.15) is 0 Å². The molecule has 0 radical (unpaired) electrons. The monoisotopic (exact) mass is 446 g/mol. The molecule has 0 aromatic heterocycles. The molecule has 33 heavy (non-hydrogen) atoms. The van der Waals surface area contributed by atoms with Gasteiger partial charge in [0.2, 0.25) is 5.91 Å². The van der Waals surface area contributed by atoms with Crippen LogP contribution in [0.5, 0.6) is 11.5 Å². The first-order valence-corrected chi connectivity index (χ1v) is 11.3. The fourth-order valence-corrected chi connectivity index (χ4v) is 3.94. The number of anilines is 1. The van der Waals surface area contributed by atoms with Crippen molar-refractivity contribution in [1.29, 1.82) is 0 Å². The Labute approximate surface area is 194 Å². The van der Waals surface area contributed by atoms with Gasteiger partial charge in [0.15, 0.2) is 0 Å². The SMILES string of the molecule is CN1C(=O)CCc2c(OCC(O)CNCc3ccccc3)ccc(OCc3ccccc3)c21. The molecule has 1 unspecified atom stereocenters. The predicted molar refractivity (Wildman–Crippen MR) is 129 cm³/mol. The summed E-state index contributed by atoms with van der Waals surface area (Å²) in [6.07, 6.45) is 0.350. The number of carbonyl (C=O) groups is 1. The summed E-state index contributed by atoms with van der Waals surface area (Å²) in [4.78, 5) is 14.0. The van der Waals surface area contributed by atoms with Crippen molar-refractivity contribution in [2.75, 3.05) is 25.1 Å². The van der Waals surface area contributed by atoms with Gasteiger partial charge in [-0.1, -0.05) is 60.7 Å². The van der Waals surface area contributed by atoms with E-state index < -0.39 is 6.10 Å². The molecule has 1 amide bonds. The van der Waals surface area contributed by atoms with Crippen LogP contribution in [0.1, 0.15) is 23.1 Å². The lowest BCUT2D eigenvalue weighted by molar-refractivity contribution is -0.118. The van der Waals surface area contributed by atoms with Crippen LogP contribution in [-0.4, -0.2) is 37.3 Å². The molecule has 1 heterocycles. The zero-order chi connectivity index (χ0) is 23.0. The van der Waals surface area contributed by atoms with Crippen molar-refractivity contribution >= 4 is 11.6 Å². The average Bonchev–Trinajstić information content (AvgIpc) is 2.85. The second-order valence-corrected chi connectivity index (χ2v) is 8.20. The molecule has 1 aliphatic rings. The largest absolute Gasteiger partial charge is 0.490 e. The highest BCUT2D eigenvalue weighted by atomic mass is 16.5. The number of fused-ring (bicyclic) bond motifs is 1. The Balaban J connectivity index is 1.40. The first-order chi connectivity index (χ1) is 16.1. The van der Waals surface area contributed by atoms with Crippen LogP contribution in [0.3, 0.4) is 0 Å². The van der Waals surface area contributed by atoms with Crippen LogP contribution >= 0.6 is 0 Å². The van der Waals surface area contributed by atoms with Crippen molar-refractivity contribution in [3.8, 4) is 11.5 Å². The fourth-order valence-electron chi connectivity index (χ4n) is 3.94. The molecule has 0 saturated carbocycles. The molecular formula is C27H30N2O4. The standard InChI is InChI=1S/C27H30N2O4/c1-29-26(31)15-12-23-24(33-19-22(30)17-28-16-20-8-4-2-5-9-20)13-14-25(27(23)29)32-18-21-10-6-3-7-11-21/h2-11,13-14,22,28,30H,12,15-19H2,1H3.